The number of nitrogens with zero attached hydrogens (tertiary/aromatic N) is 1. The van der Waals surface area contributed by atoms with E-state index >= 15 is 0 Å². The Bertz CT molecular complexity index is 747. The Morgan fingerprint density at radius 3 is 2.14 bits per heavy atom. The molecule has 1 heterocycles. The summed E-state index contributed by atoms with van der Waals surface area (Å²) in [7, 11) is 1.39. The molecule has 0 bridgehead atoms. The summed E-state index contributed by atoms with van der Waals surface area (Å²) in [5.74, 6) is 0.551. The molecule has 5 nitrogen and oxygen atoms in total. The summed E-state index contributed by atoms with van der Waals surface area (Å²) >= 11 is 0. The van der Waals surface area contributed by atoms with Gasteiger partial charge in [0.25, 0.3) is 0 Å². The quantitative estimate of drug-likeness (QED) is 0.534. The van der Waals surface area contributed by atoms with Gasteiger partial charge in [-0.2, -0.15) is 0 Å². The van der Waals surface area contributed by atoms with Gasteiger partial charge in [-0.25, -0.2) is 4.79 Å². The minimum atomic E-state index is -0.323. The van der Waals surface area contributed by atoms with E-state index in [4.69, 9.17) is 14.2 Å². The zero-order valence-corrected chi connectivity index (χ0v) is 16.9. The maximum atomic E-state index is 11.5. The lowest BCUT2D eigenvalue weighted by Gasteiger charge is -2.35. The summed E-state index contributed by atoms with van der Waals surface area (Å²) < 4.78 is 16.4. The van der Waals surface area contributed by atoms with Crippen LogP contribution >= 0.6 is 0 Å². The van der Waals surface area contributed by atoms with Gasteiger partial charge >= 0.3 is 5.97 Å². The molecule has 3 rings (SSSR count). The molecular weight excluding hydrogens is 354 g/mol. The molecule has 0 saturated carbocycles. The number of ether oxygens (including phenoxy) is 3. The zero-order chi connectivity index (χ0) is 19.9. The Labute approximate surface area is 167 Å². The van der Waals surface area contributed by atoms with Crippen LogP contribution in [0.25, 0.3) is 11.1 Å². The normalized spacial score (nSPS) is 20.0. The van der Waals surface area contributed by atoms with E-state index in [2.05, 4.69) is 18.7 Å². The first-order chi connectivity index (χ1) is 13.5. The van der Waals surface area contributed by atoms with E-state index < -0.39 is 0 Å². The highest BCUT2D eigenvalue weighted by Crippen LogP contribution is 2.23. The fourth-order valence-corrected chi connectivity index (χ4v) is 3.61. The first-order valence-corrected chi connectivity index (χ1v) is 9.84. The molecule has 28 heavy (non-hydrogen) atoms. The van der Waals surface area contributed by atoms with E-state index in [0.29, 0.717) is 24.4 Å². The third-order valence-electron chi connectivity index (χ3n) is 4.88. The van der Waals surface area contributed by atoms with Crippen LogP contribution in [0.2, 0.25) is 0 Å². The smallest absolute Gasteiger partial charge is 0.337 e. The number of carbonyl (C=O) groups excluding carboxylic acids is 1. The van der Waals surface area contributed by atoms with Crippen LogP contribution in [0.3, 0.4) is 0 Å². The van der Waals surface area contributed by atoms with Gasteiger partial charge in [-0.1, -0.05) is 24.3 Å². The SMILES string of the molecule is COC(=O)c1ccc(-c2ccc(OCCCN3CC(C)OC(C)C3)cc2)cc1. The average molecular weight is 383 g/mol. The van der Waals surface area contributed by atoms with Crippen molar-refractivity contribution < 1.29 is 19.0 Å². The third-order valence-corrected chi connectivity index (χ3v) is 4.88. The topological polar surface area (TPSA) is 48.0 Å². The lowest BCUT2D eigenvalue weighted by Crippen LogP contribution is -2.45. The van der Waals surface area contributed by atoms with E-state index in [1.165, 1.54) is 7.11 Å². The molecule has 5 heteroatoms. The molecule has 2 aromatic rings. The summed E-state index contributed by atoms with van der Waals surface area (Å²) in [5.41, 5.74) is 2.69. The van der Waals surface area contributed by atoms with Gasteiger partial charge in [-0.15, -0.1) is 0 Å². The summed E-state index contributed by atoms with van der Waals surface area (Å²) in [6, 6.07) is 15.4. The van der Waals surface area contributed by atoms with Crippen molar-refractivity contribution in [2.45, 2.75) is 32.5 Å². The van der Waals surface area contributed by atoms with Gasteiger partial charge in [0.1, 0.15) is 5.75 Å². The monoisotopic (exact) mass is 383 g/mol. The van der Waals surface area contributed by atoms with Crippen molar-refractivity contribution in [3.05, 3.63) is 54.1 Å². The minimum absolute atomic E-state index is 0.305. The van der Waals surface area contributed by atoms with Crippen molar-refractivity contribution >= 4 is 5.97 Å². The second-order valence-electron chi connectivity index (χ2n) is 7.31. The van der Waals surface area contributed by atoms with Crippen LogP contribution in [-0.2, 0) is 9.47 Å². The zero-order valence-electron chi connectivity index (χ0n) is 16.9. The van der Waals surface area contributed by atoms with Gasteiger partial charge in [-0.3, -0.25) is 4.90 Å². The Morgan fingerprint density at radius 1 is 1.00 bits per heavy atom. The van der Waals surface area contributed by atoms with Crippen LogP contribution in [0, 0.1) is 0 Å². The lowest BCUT2D eigenvalue weighted by atomic mass is 10.0. The van der Waals surface area contributed by atoms with Crippen LogP contribution in [0.15, 0.2) is 48.5 Å². The second-order valence-corrected chi connectivity index (χ2v) is 7.31. The van der Waals surface area contributed by atoms with Crippen molar-refractivity contribution in [2.24, 2.45) is 0 Å². The molecule has 1 aliphatic heterocycles. The van der Waals surface area contributed by atoms with Crippen molar-refractivity contribution in [1.29, 1.82) is 0 Å². The number of esters is 1. The van der Waals surface area contributed by atoms with Gasteiger partial charge in [0, 0.05) is 19.6 Å². The predicted molar refractivity (Wildman–Crippen MR) is 110 cm³/mol. The molecule has 2 atom stereocenters. The van der Waals surface area contributed by atoms with Crippen LogP contribution in [0.5, 0.6) is 5.75 Å². The third kappa shape index (κ3) is 5.57. The summed E-state index contributed by atoms with van der Waals surface area (Å²) in [6.45, 7) is 7.98. The summed E-state index contributed by atoms with van der Waals surface area (Å²) in [5, 5.41) is 0. The maximum absolute atomic E-state index is 11.5. The molecule has 0 N–H and O–H groups in total. The molecular formula is C23H29NO4. The molecule has 1 fully saturated rings. The van der Waals surface area contributed by atoms with E-state index in [1.54, 1.807) is 12.1 Å². The van der Waals surface area contributed by atoms with E-state index in [0.717, 1.165) is 42.9 Å². The van der Waals surface area contributed by atoms with Gasteiger partial charge in [0.05, 0.1) is 31.5 Å². The molecule has 0 aromatic heterocycles. The highest BCUT2D eigenvalue weighted by Gasteiger charge is 2.21. The first kappa shape index (κ1) is 20.4. The average Bonchev–Trinajstić information content (AvgIpc) is 2.70. The lowest BCUT2D eigenvalue weighted by molar-refractivity contribution is -0.0686. The van der Waals surface area contributed by atoms with Gasteiger partial charge in [0.2, 0.25) is 0 Å². The number of hydrogen-bond acceptors (Lipinski definition) is 5. The van der Waals surface area contributed by atoms with Crippen molar-refractivity contribution in [3.63, 3.8) is 0 Å². The molecule has 2 unspecified atom stereocenters. The highest BCUT2D eigenvalue weighted by molar-refractivity contribution is 5.89. The molecule has 0 aliphatic carbocycles. The minimum Gasteiger partial charge on any atom is -0.494 e. The predicted octanol–water partition coefficient (Wildman–Crippen LogP) is 4.02. The standard InChI is InChI=1S/C23H29NO4/c1-17-15-24(16-18(2)28-17)13-4-14-27-22-11-9-20(10-12-22)19-5-7-21(8-6-19)23(25)26-3/h5-12,17-18H,4,13-16H2,1-3H3. The first-order valence-electron chi connectivity index (χ1n) is 9.84. The molecule has 0 spiro atoms. The molecule has 150 valence electrons. The van der Waals surface area contributed by atoms with Gasteiger partial charge < -0.3 is 14.2 Å². The fourth-order valence-electron chi connectivity index (χ4n) is 3.61. The Hall–Kier alpha value is -2.37. The van der Waals surface area contributed by atoms with Crippen molar-refractivity contribution in [2.75, 3.05) is 33.4 Å². The molecule has 1 aliphatic rings. The van der Waals surface area contributed by atoms with Crippen LogP contribution in [-0.4, -0.2) is 56.4 Å². The maximum Gasteiger partial charge on any atom is 0.337 e. The van der Waals surface area contributed by atoms with Gasteiger partial charge in [-0.05, 0) is 55.7 Å². The number of morpholine rings is 1. The second kappa shape index (κ2) is 9.71. The Morgan fingerprint density at radius 2 is 1.57 bits per heavy atom. The molecule has 2 aromatic carbocycles. The number of carbonyl (C=O) groups is 1. The molecule has 0 amide bonds. The summed E-state index contributed by atoms with van der Waals surface area (Å²) in [4.78, 5) is 14.0. The molecule has 1 saturated heterocycles. The highest BCUT2D eigenvalue weighted by atomic mass is 16.5. The Kier molecular flexibility index (Phi) is 7.06. The van der Waals surface area contributed by atoms with Crippen LogP contribution in [0.4, 0.5) is 0 Å². The van der Waals surface area contributed by atoms with Crippen LogP contribution in [0.1, 0.15) is 30.6 Å². The van der Waals surface area contributed by atoms with E-state index in [9.17, 15) is 4.79 Å². The largest absolute Gasteiger partial charge is 0.494 e. The van der Waals surface area contributed by atoms with Gasteiger partial charge in [0.15, 0.2) is 0 Å². The summed E-state index contributed by atoms with van der Waals surface area (Å²) in [6.07, 6.45) is 1.61. The van der Waals surface area contributed by atoms with Crippen molar-refractivity contribution in [3.8, 4) is 16.9 Å². The van der Waals surface area contributed by atoms with E-state index in [-0.39, 0.29) is 5.97 Å². The fraction of sp³-hybridized carbons (Fsp3) is 0.435. The number of benzene rings is 2. The van der Waals surface area contributed by atoms with E-state index in [1.807, 2.05) is 36.4 Å². The van der Waals surface area contributed by atoms with Crippen molar-refractivity contribution in [1.82, 2.24) is 4.90 Å². The number of rotatable bonds is 7. The molecule has 0 radical (unpaired) electrons. The van der Waals surface area contributed by atoms with Crippen LogP contribution < -0.4 is 4.74 Å². The number of methoxy groups -OCH3 is 1. The number of hydrogen-bond donors (Lipinski definition) is 0. The Balaban J connectivity index is 1.46.